The molecule has 4 aromatic rings. The molecule has 3 heterocycles. The minimum Gasteiger partial charge on any atom is -0.337 e. The molecule has 5 nitrogen and oxygen atoms in total. The number of halogens is 1. The predicted octanol–water partition coefficient (Wildman–Crippen LogP) is 5.72. The van der Waals surface area contributed by atoms with Gasteiger partial charge in [-0.1, -0.05) is 58.0 Å². The van der Waals surface area contributed by atoms with Crippen LogP contribution in [-0.2, 0) is 23.5 Å². The molecule has 5 rings (SSSR count). The van der Waals surface area contributed by atoms with Crippen LogP contribution in [0.3, 0.4) is 0 Å². The number of hydrogen-bond acceptors (Lipinski definition) is 5. The van der Waals surface area contributed by atoms with Crippen LogP contribution in [0.1, 0.15) is 28.5 Å². The highest BCUT2D eigenvalue weighted by molar-refractivity contribution is 9.10. The predicted molar refractivity (Wildman–Crippen MR) is 138 cm³/mol. The summed E-state index contributed by atoms with van der Waals surface area (Å²) >= 11 is 6.64. The average molecular weight is 541 g/mol. The number of carbonyl (C=O) groups is 1. The largest absolute Gasteiger partial charge is 0.337 e. The van der Waals surface area contributed by atoms with Crippen molar-refractivity contribution in [1.82, 2.24) is 14.5 Å². The number of carbonyl (C=O) groups excluding carboxylic acids is 1. The van der Waals surface area contributed by atoms with E-state index in [0.717, 1.165) is 36.6 Å². The molecule has 0 N–H and O–H groups in total. The lowest BCUT2D eigenvalue weighted by Gasteiger charge is -2.25. The van der Waals surface area contributed by atoms with Gasteiger partial charge < -0.3 is 4.90 Å². The lowest BCUT2D eigenvalue weighted by Crippen LogP contribution is -2.34. The zero-order valence-corrected chi connectivity index (χ0v) is 21.5. The Bertz CT molecular complexity index is 1440. The van der Waals surface area contributed by atoms with Gasteiger partial charge >= 0.3 is 0 Å². The minimum absolute atomic E-state index is 0.0279. The van der Waals surface area contributed by atoms with E-state index in [1.54, 1.807) is 34.6 Å². The van der Waals surface area contributed by atoms with Crippen LogP contribution in [0.5, 0.6) is 0 Å². The second-order valence-corrected chi connectivity index (χ2v) is 11.1. The Morgan fingerprint density at radius 1 is 1.21 bits per heavy atom. The van der Waals surface area contributed by atoms with Crippen molar-refractivity contribution in [3.63, 3.8) is 0 Å². The fraction of sp³-hybridized carbons (Fsp3) is 0.240. The molecule has 0 spiro atoms. The fourth-order valence-electron chi connectivity index (χ4n) is 4.19. The number of thiophene rings is 1. The third kappa shape index (κ3) is 4.27. The van der Waals surface area contributed by atoms with E-state index < -0.39 is 0 Å². The Morgan fingerprint density at radius 2 is 2.03 bits per heavy atom. The zero-order valence-electron chi connectivity index (χ0n) is 18.3. The van der Waals surface area contributed by atoms with E-state index in [4.69, 9.17) is 4.98 Å². The number of hydrogen-bond donors (Lipinski definition) is 0. The topological polar surface area (TPSA) is 55.2 Å². The van der Waals surface area contributed by atoms with Crippen molar-refractivity contribution in [2.45, 2.75) is 37.7 Å². The van der Waals surface area contributed by atoms with E-state index in [0.29, 0.717) is 35.8 Å². The van der Waals surface area contributed by atoms with Crippen molar-refractivity contribution in [3.05, 3.63) is 84.9 Å². The number of para-hydroxylation sites is 1. The van der Waals surface area contributed by atoms with Crippen molar-refractivity contribution in [2.75, 3.05) is 6.54 Å². The molecular formula is C25H22BrN3O2S2. The lowest BCUT2D eigenvalue weighted by molar-refractivity contribution is -0.129. The van der Waals surface area contributed by atoms with Gasteiger partial charge in [-0.2, -0.15) is 0 Å². The highest BCUT2D eigenvalue weighted by Gasteiger charge is 2.26. The number of aryl methyl sites for hydroxylation is 1. The molecule has 0 saturated carbocycles. The molecule has 0 bridgehead atoms. The quantitative estimate of drug-likeness (QED) is 0.246. The van der Waals surface area contributed by atoms with Gasteiger partial charge in [0.05, 0.1) is 17.6 Å². The van der Waals surface area contributed by atoms with Gasteiger partial charge in [0.25, 0.3) is 5.56 Å². The molecular weight excluding hydrogens is 518 g/mol. The number of aromatic nitrogens is 2. The van der Waals surface area contributed by atoms with E-state index in [1.165, 1.54) is 0 Å². The van der Waals surface area contributed by atoms with Crippen molar-refractivity contribution >= 4 is 55.2 Å². The normalized spacial score (nSPS) is 13.4. The summed E-state index contributed by atoms with van der Waals surface area (Å²) in [6.45, 7) is 4.80. The van der Waals surface area contributed by atoms with E-state index in [-0.39, 0.29) is 11.5 Å². The van der Waals surface area contributed by atoms with Gasteiger partial charge in [-0.3, -0.25) is 14.2 Å². The third-order valence-electron chi connectivity index (χ3n) is 5.90. The van der Waals surface area contributed by atoms with Gasteiger partial charge in [0.15, 0.2) is 5.16 Å². The van der Waals surface area contributed by atoms with E-state index >= 15 is 0 Å². The van der Waals surface area contributed by atoms with Crippen LogP contribution < -0.4 is 5.56 Å². The van der Waals surface area contributed by atoms with Crippen LogP contribution in [0.2, 0.25) is 0 Å². The Kier molecular flexibility index (Phi) is 6.16. The highest BCUT2D eigenvalue weighted by atomic mass is 79.9. The smallest absolute Gasteiger partial charge is 0.267 e. The lowest BCUT2D eigenvalue weighted by atomic mass is 10.1. The van der Waals surface area contributed by atoms with E-state index in [2.05, 4.69) is 28.1 Å². The molecule has 1 aliphatic rings. The number of amides is 1. The fourth-order valence-corrected chi connectivity index (χ4v) is 6.86. The second kappa shape index (κ2) is 9.08. The molecule has 8 heteroatoms. The van der Waals surface area contributed by atoms with Gasteiger partial charge in [0.1, 0.15) is 4.83 Å². The molecule has 2 aromatic carbocycles. The van der Waals surface area contributed by atoms with Crippen LogP contribution in [0, 0.1) is 6.92 Å². The summed E-state index contributed by atoms with van der Waals surface area (Å²) in [7, 11) is 0. The molecule has 1 amide bonds. The van der Waals surface area contributed by atoms with Gasteiger partial charge in [0, 0.05) is 28.6 Å². The number of fused-ring (bicyclic) bond motifs is 3. The third-order valence-corrected chi connectivity index (χ3v) is 8.52. The molecule has 0 aliphatic carbocycles. The number of rotatable bonds is 4. The summed E-state index contributed by atoms with van der Waals surface area (Å²) in [5.41, 5.74) is 4.06. The maximum absolute atomic E-state index is 13.9. The monoisotopic (exact) mass is 539 g/mol. The Hall–Kier alpha value is -2.42. The van der Waals surface area contributed by atoms with Crippen LogP contribution in [0.4, 0.5) is 0 Å². The van der Waals surface area contributed by atoms with E-state index in [1.807, 2.05) is 48.2 Å². The summed E-state index contributed by atoms with van der Waals surface area (Å²) in [5, 5.41) is 1.39. The molecule has 2 aromatic heterocycles. The highest BCUT2D eigenvalue weighted by Crippen LogP contribution is 2.35. The van der Waals surface area contributed by atoms with Crippen molar-refractivity contribution in [3.8, 4) is 5.69 Å². The minimum atomic E-state index is -0.0279. The van der Waals surface area contributed by atoms with Crippen molar-refractivity contribution in [1.29, 1.82) is 0 Å². The molecule has 0 saturated heterocycles. The Labute approximate surface area is 208 Å². The second-order valence-electron chi connectivity index (χ2n) is 8.11. The first kappa shape index (κ1) is 22.4. The Balaban J connectivity index is 1.66. The first-order chi connectivity index (χ1) is 15.9. The summed E-state index contributed by atoms with van der Waals surface area (Å²) in [5.74, 6) is 0.764. The van der Waals surface area contributed by atoms with E-state index in [9.17, 15) is 9.59 Å². The zero-order chi connectivity index (χ0) is 23.1. The molecule has 33 heavy (non-hydrogen) atoms. The SMILES string of the molecule is CC(=O)N1CCc2c(sc3nc(SCc4cccc(Br)c4)n(-c4ccccc4C)c(=O)c23)C1. The maximum atomic E-state index is 13.9. The average Bonchev–Trinajstić information content (AvgIpc) is 3.16. The number of thioether (sulfide) groups is 1. The molecule has 0 unspecified atom stereocenters. The van der Waals surface area contributed by atoms with Gasteiger partial charge in [-0.05, 0) is 48.2 Å². The molecule has 0 fully saturated rings. The summed E-state index contributed by atoms with van der Waals surface area (Å²) in [6, 6.07) is 16.1. The van der Waals surface area contributed by atoms with Crippen LogP contribution in [-0.4, -0.2) is 26.9 Å². The summed E-state index contributed by atoms with van der Waals surface area (Å²) < 4.78 is 2.80. The van der Waals surface area contributed by atoms with Crippen molar-refractivity contribution < 1.29 is 4.79 Å². The molecule has 0 atom stereocenters. The number of benzene rings is 2. The molecule has 1 aliphatic heterocycles. The summed E-state index contributed by atoms with van der Waals surface area (Å²) in [6.07, 6.45) is 0.685. The van der Waals surface area contributed by atoms with Gasteiger partial charge in [-0.15, -0.1) is 11.3 Å². The van der Waals surface area contributed by atoms with Crippen LogP contribution >= 0.6 is 39.0 Å². The van der Waals surface area contributed by atoms with Gasteiger partial charge in [-0.25, -0.2) is 4.98 Å². The van der Waals surface area contributed by atoms with Crippen LogP contribution in [0.25, 0.3) is 15.9 Å². The first-order valence-corrected chi connectivity index (χ1v) is 13.3. The maximum Gasteiger partial charge on any atom is 0.267 e. The van der Waals surface area contributed by atoms with Gasteiger partial charge in [0.2, 0.25) is 5.91 Å². The summed E-state index contributed by atoms with van der Waals surface area (Å²) in [4.78, 5) is 34.5. The standard InChI is InChI=1S/C25H22BrN3O2S2/c1-15-6-3-4-9-20(15)29-24(31)22-19-10-11-28(16(2)30)13-21(19)33-23(22)27-25(29)32-14-17-7-5-8-18(26)12-17/h3-9,12H,10-11,13-14H2,1-2H3. The van der Waals surface area contributed by atoms with Crippen LogP contribution in [0.15, 0.2) is 63.0 Å². The molecule has 0 radical (unpaired) electrons. The number of nitrogens with zero attached hydrogens (tertiary/aromatic N) is 3. The Morgan fingerprint density at radius 3 is 2.79 bits per heavy atom. The molecule has 168 valence electrons. The first-order valence-electron chi connectivity index (χ1n) is 10.7. The van der Waals surface area contributed by atoms with Crippen molar-refractivity contribution in [2.24, 2.45) is 0 Å².